The monoisotopic (exact) mass is 237 g/mol. The third kappa shape index (κ3) is 3.44. The van der Waals surface area contributed by atoms with Crippen LogP contribution in [0.5, 0.6) is 0 Å². The second-order valence-electron chi connectivity index (χ2n) is 3.40. The van der Waals surface area contributed by atoms with Gasteiger partial charge in [0.05, 0.1) is 13.7 Å². The molecule has 6 nitrogen and oxygen atoms in total. The fourth-order valence-corrected chi connectivity index (χ4v) is 2.91. The van der Waals surface area contributed by atoms with Gasteiger partial charge in [-0.1, -0.05) is 0 Å². The lowest BCUT2D eigenvalue weighted by atomic mass is 10.6. The van der Waals surface area contributed by atoms with Gasteiger partial charge >= 0.3 is 5.97 Å². The van der Waals surface area contributed by atoms with Gasteiger partial charge in [-0.3, -0.25) is 4.79 Å². The zero-order valence-corrected chi connectivity index (χ0v) is 9.37. The van der Waals surface area contributed by atoms with E-state index in [2.05, 4.69) is 4.74 Å². The molecule has 0 atom stereocenters. The van der Waals surface area contributed by atoms with Crippen LogP contribution in [0.25, 0.3) is 0 Å². The molecule has 1 aliphatic carbocycles. The number of aliphatic hydroxyl groups is 1. The summed E-state index contributed by atoms with van der Waals surface area (Å²) in [5.74, 6) is -1.43. The first-order valence-corrected chi connectivity index (χ1v) is 6.29. The smallest absolute Gasteiger partial charge is 0.322 e. The maximum Gasteiger partial charge on any atom is 0.322 e. The molecule has 0 aromatic rings. The predicted octanol–water partition coefficient (Wildman–Crippen LogP) is -1.05. The Morgan fingerprint density at radius 1 is 1.53 bits per heavy atom. The zero-order valence-electron chi connectivity index (χ0n) is 8.55. The highest BCUT2D eigenvalue weighted by atomic mass is 32.2. The van der Waals surface area contributed by atoms with Crippen molar-refractivity contribution in [3.63, 3.8) is 0 Å². The fourth-order valence-electron chi connectivity index (χ4n) is 1.30. The van der Waals surface area contributed by atoms with Crippen LogP contribution >= 0.6 is 0 Å². The Labute approximate surface area is 88.9 Å². The van der Waals surface area contributed by atoms with Crippen molar-refractivity contribution >= 4 is 16.0 Å². The summed E-state index contributed by atoms with van der Waals surface area (Å²) < 4.78 is 28.9. The van der Waals surface area contributed by atoms with Crippen molar-refractivity contribution in [3.05, 3.63) is 0 Å². The number of esters is 1. The van der Waals surface area contributed by atoms with E-state index in [9.17, 15) is 13.2 Å². The van der Waals surface area contributed by atoms with Gasteiger partial charge in [0, 0.05) is 12.6 Å². The van der Waals surface area contributed by atoms with Crippen molar-refractivity contribution in [1.29, 1.82) is 0 Å². The van der Waals surface area contributed by atoms with Crippen molar-refractivity contribution < 1.29 is 23.1 Å². The molecule has 0 bridgehead atoms. The second-order valence-corrected chi connectivity index (χ2v) is 5.32. The number of hydrogen-bond acceptors (Lipinski definition) is 5. The number of nitrogens with zero attached hydrogens (tertiary/aromatic N) is 1. The maximum atomic E-state index is 11.7. The highest BCUT2D eigenvalue weighted by Crippen LogP contribution is 2.29. The van der Waals surface area contributed by atoms with Crippen molar-refractivity contribution in [1.82, 2.24) is 4.31 Å². The van der Waals surface area contributed by atoms with Gasteiger partial charge in [-0.15, -0.1) is 0 Å². The fraction of sp³-hybridized carbons (Fsp3) is 0.875. The summed E-state index contributed by atoms with van der Waals surface area (Å²) in [6, 6.07) is -0.0493. The number of ether oxygens (including phenoxy) is 1. The Balaban J connectivity index is 2.67. The molecule has 0 unspecified atom stereocenters. The third-order valence-electron chi connectivity index (χ3n) is 2.16. The van der Waals surface area contributed by atoms with E-state index in [1.807, 2.05) is 0 Å². The molecule has 1 N–H and O–H groups in total. The number of rotatable bonds is 6. The minimum Gasteiger partial charge on any atom is -0.468 e. The molecule has 0 aromatic carbocycles. The molecule has 7 heteroatoms. The number of aliphatic hydroxyl groups excluding tert-OH is 1. The quantitative estimate of drug-likeness (QED) is 0.596. The predicted molar refractivity (Wildman–Crippen MR) is 52.6 cm³/mol. The van der Waals surface area contributed by atoms with Gasteiger partial charge in [0.1, 0.15) is 0 Å². The van der Waals surface area contributed by atoms with E-state index in [4.69, 9.17) is 5.11 Å². The van der Waals surface area contributed by atoms with Crippen molar-refractivity contribution in [3.8, 4) is 0 Å². The van der Waals surface area contributed by atoms with E-state index >= 15 is 0 Å². The highest BCUT2D eigenvalue weighted by Gasteiger charge is 2.37. The number of carbonyl (C=O) groups is 1. The van der Waals surface area contributed by atoms with Crippen LogP contribution < -0.4 is 0 Å². The van der Waals surface area contributed by atoms with E-state index in [-0.39, 0.29) is 19.2 Å². The molecule has 0 amide bonds. The lowest BCUT2D eigenvalue weighted by Crippen LogP contribution is -2.39. The summed E-state index contributed by atoms with van der Waals surface area (Å²) in [7, 11) is -2.49. The molecule has 1 rings (SSSR count). The van der Waals surface area contributed by atoms with Gasteiger partial charge < -0.3 is 9.84 Å². The molecule has 88 valence electrons. The summed E-state index contributed by atoms with van der Waals surface area (Å²) in [6.07, 6.45) is 1.58. The molecular weight excluding hydrogens is 222 g/mol. The average molecular weight is 237 g/mol. The molecule has 1 saturated carbocycles. The summed E-state index contributed by atoms with van der Waals surface area (Å²) in [5.41, 5.74) is 0. The van der Waals surface area contributed by atoms with Crippen molar-refractivity contribution in [2.45, 2.75) is 18.9 Å². The Kier molecular flexibility index (Phi) is 4.06. The van der Waals surface area contributed by atoms with E-state index in [1.165, 1.54) is 4.31 Å². The number of hydrogen-bond donors (Lipinski definition) is 1. The zero-order chi connectivity index (χ0) is 11.5. The Hall–Kier alpha value is -0.660. The standard InChI is InChI=1S/C8H15NO5S/c1-14-8(11)6-15(12,13)9(4-5-10)7-2-3-7/h7,10H,2-6H2,1H3. The van der Waals surface area contributed by atoms with E-state index in [0.29, 0.717) is 0 Å². The minimum absolute atomic E-state index is 0.0456. The normalized spacial score (nSPS) is 16.7. The van der Waals surface area contributed by atoms with Crippen LogP contribution in [0.2, 0.25) is 0 Å². The van der Waals surface area contributed by atoms with Crippen molar-refractivity contribution in [2.75, 3.05) is 26.0 Å². The first kappa shape index (κ1) is 12.4. The van der Waals surface area contributed by atoms with Crippen LogP contribution in [0.4, 0.5) is 0 Å². The van der Waals surface area contributed by atoms with Gasteiger partial charge in [0.15, 0.2) is 5.75 Å². The lowest BCUT2D eigenvalue weighted by Gasteiger charge is -2.19. The number of carbonyl (C=O) groups excluding carboxylic acids is 1. The summed E-state index contributed by atoms with van der Waals surface area (Å²) in [6.45, 7) is -0.194. The van der Waals surface area contributed by atoms with Crippen LogP contribution in [0.1, 0.15) is 12.8 Å². The van der Waals surface area contributed by atoms with Crippen LogP contribution in [0.15, 0.2) is 0 Å². The maximum absolute atomic E-state index is 11.7. The van der Waals surface area contributed by atoms with Gasteiger partial charge in [0.2, 0.25) is 10.0 Å². The first-order valence-electron chi connectivity index (χ1n) is 4.68. The Morgan fingerprint density at radius 2 is 2.13 bits per heavy atom. The van der Waals surface area contributed by atoms with Gasteiger partial charge in [0.25, 0.3) is 0 Å². The molecule has 0 aromatic heterocycles. The minimum atomic E-state index is -3.63. The molecular formula is C8H15NO5S. The largest absolute Gasteiger partial charge is 0.468 e. The van der Waals surface area contributed by atoms with Crippen molar-refractivity contribution in [2.24, 2.45) is 0 Å². The van der Waals surface area contributed by atoms with Crippen LogP contribution in [-0.2, 0) is 19.6 Å². The van der Waals surface area contributed by atoms with E-state index < -0.39 is 21.7 Å². The number of sulfonamides is 1. The highest BCUT2D eigenvalue weighted by molar-refractivity contribution is 7.89. The lowest BCUT2D eigenvalue weighted by molar-refractivity contribution is -0.137. The van der Waals surface area contributed by atoms with Crippen LogP contribution in [-0.4, -0.2) is 55.9 Å². The van der Waals surface area contributed by atoms with Gasteiger partial charge in [-0.2, -0.15) is 4.31 Å². The van der Waals surface area contributed by atoms with Crippen LogP contribution in [0, 0.1) is 0 Å². The number of methoxy groups -OCH3 is 1. The molecule has 1 aliphatic rings. The Morgan fingerprint density at radius 3 is 2.53 bits per heavy atom. The molecule has 0 saturated heterocycles. The molecule has 1 fully saturated rings. The van der Waals surface area contributed by atoms with Gasteiger partial charge in [-0.25, -0.2) is 8.42 Å². The Bertz CT molecular complexity index is 322. The SMILES string of the molecule is COC(=O)CS(=O)(=O)N(CCO)C1CC1. The van der Waals surface area contributed by atoms with Gasteiger partial charge in [-0.05, 0) is 12.8 Å². The van der Waals surface area contributed by atoms with E-state index in [1.54, 1.807) is 0 Å². The second kappa shape index (κ2) is 4.91. The molecule has 0 aliphatic heterocycles. The summed E-state index contributed by atoms with van der Waals surface area (Å²) in [4.78, 5) is 10.9. The molecule has 0 spiro atoms. The third-order valence-corrected chi connectivity index (χ3v) is 3.96. The van der Waals surface area contributed by atoms with E-state index in [0.717, 1.165) is 20.0 Å². The molecule has 0 radical (unpaired) electrons. The first-order chi connectivity index (χ1) is 7.01. The average Bonchev–Trinajstić information content (AvgIpc) is 2.96. The molecule has 15 heavy (non-hydrogen) atoms. The summed E-state index contributed by atoms with van der Waals surface area (Å²) >= 11 is 0. The molecule has 0 heterocycles. The topological polar surface area (TPSA) is 83.9 Å². The summed E-state index contributed by atoms with van der Waals surface area (Å²) in [5, 5.41) is 8.75. The van der Waals surface area contributed by atoms with Crippen LogP contribution in [0.3, 0.4) is 0 Å².